The Bertz CT molecular complexity index is 900. The van der Waals surface area contributed by atoms with Gasteiger partial charge in [-0.2, -0.15) is 18.3 Å². The number of alkyl halides is 3. The Morgan fingerprint density at radius 1 is 1.30 bits per heavy atom. The van der Waals surface area contributed by atoms with Crippen LogP contribution in [0.1, 0.15) is 37.3 Å². The minimum absolute atomic E-state index is 0.243. The van der Waals surface area contributed by atoms with Gasteiger partial charge in [-0.3, -0.25) is 4.79 Å². The zero-order valence-electron chi connectivity index (χ0n) is 14.8. The van der Waals surface area contributed by atoms with Crippen molar-refractivity contribution in [2.75, 3.05) is 13.1 Å². The van der Waals surface area contributed by atoms with Gasteiger partial charge in [0.15, 0.2) is 5.82 Å². The van der Waals surface area contributed by atoms with Gasteiger partial charge in [0.05, 0.1) is 23.1 Å². The van der Waals surface area contributed by atoms with Crippen LogP contribution in [0.15, 0.2) is 57.2 Å². The highest BCUT2D eigenvalue weighted by atomic mass is 19.4. The highest BCUT2D eigenvalue weighted by Gasteiger charge is 2.49. The normalized spacial score (nSPS) is 25.0. The first-order chi connectivity index (χ1) is 12.9. The smallest absolute Gasteiger partial charge is 0.352 e. The molecule has 5 nitrogen and oxygen atoms in total. The summed E-state index contributed by atoms with van der Waals surface area (Å²) in [6, 6.07) is 5.27. The van der Waals surface area contributed by atoms with Crippen molar-refractivity contribution in [1.29, 1.82) is 0 Å². The lowest BCUT2D eigenvalue weighted by Crippen LogP contribution is -2.44. The van der Waals surface area contributed by atoms with Crippen molar-refractivity contribution in [3.63, 3.8) is 0 Å². The molecule has 0 saturated carbocycles. The Kier molecular flexibility index (Phi) is 4.09. The van der Waals surface area contributed by atoms with Crippen LogP contribution in [-0.2, 0) is 16.4 Å². The van der Waals surface area contributed by atoms with Crippen molar-refractivity contribution in [1.82, 2.24) is 10.6 Å². The number of dihydropyridines is 1. The van der Waals surface area contributed by atoms with E-state index in [0.717, 1.165) is 29.8 Å². The third kappa shape index (κ3) is 2.65. The third-order valence-electron chi connectivity index (χ3n) is 5.53. The molecule has 0 fully saturated rings. The van der Waals surface area contributed by atoms with E-state index in [1.54, 1.807) is 6.07 Å². The number of nitrogens with one attached hydrogen (secondary N) is 2. The third-order valence-corrected chi connectivity index (χ3v) is 5.53. The van der Waals surface area contributed by atoms with Gasteiger partial charge in [0.2, 0.25) is 5.91 Å². The van der Waals surface area contributed by atoms with E-state index < -0.39 is 17.2 Å². The summed E-state index contributed by atoms with van der Waals surface area (Å²) in [5.74, 6) is 0.315. The van der Waals surface area contributed by atoms with Crippen LogP contribution in [0, 0.1) is 0 Å². The van der Waals surface area contributed by atoms with Crippen LogP contribution in [0.3, 0.4) is 0 Å². The summed E-state index contributed by atoms with van der Waals surface area (Å²) in [5.41, 5.74) is 0.717. The van der Waals surface area contributed by atoms with Crippen molar-refractivity contribution in [2.45, 2.75) is 37.8 Å². The number of allylic oxidation sites excluding steroid dienone is 1. The summed E-state index contributed by atoms with van der Waals surface area (Å²) < 4.78 is 40.1. The van der Waals surface area contributed by atoms with E-state index >= 15 is 0 Å². The van der Waals surface area contributed by atoms with Crippen LogP contribution in [-0.4, -0.2) is 19.0 Å². The number of benzene rings is 1. The quantitative estimate of drug-likeness (QED) is 0.825. The van der Waals surface area contributed by atoms with E-state index in [0.29, 0.717) is 36.3 Å². The fraction of sp³-hybridized carbons (Fsp3) is 0.421. The average molecular weight is 376 g/mol. The predicted molar refractivity (Wildman–Crippen MR) is 92.6 cm³/mol. The molecule has 3 aliphatic rings. The first-order valence-electron chi connectivity index (χ1n) is 8.95. The molecule has 1 atom stereocenters. The van der Waals surface area contributed by atoms with E-state index in [1.807, 2.05) is 6.92 Å². The Balaban J connectivity index is 1.98. The van der Waals surface area contributed by atoms with E-state index in [-0.39, 0.29) is 12.5 Å². The van der Waals surface area contributed by atoms with Gasteiger partial charge in [0.1, 0.15) is 0 Å². The molecule has 0 aliphatic carbocycles. The second-order valence-corrected chi connectivity index (χ2v) is 6.90. The lowest BCUT2D eigenvalue weighted by molar-refractivity contribution is -0.137. The van der Waals surface area contributed by atoms with Crippen LogP contribution in [0.5, 0.6) is 0 Å². The molecule has 1 aromatic rings. The van der Waals surface area contributed by atoms with Gasteiger partial charge in [-0.25, -0.2) is 0 Å². The van der Waals surface area contributed by atoms with Gasteiger partial charge in [-0.15, -0.1) is 5.11 Å². The number of hydrogen-bond donors (Lipinski definition) is 2. The van der Waals surface area contributed by atoms with Gasteiger partial charge in [0.25, 0.3) is 0 Å². The van der Waals surface area contributed by atoms with Gasteiger partial charge in [-0.1, -0.05) is 25.1 Å². The molecule has 3 aliphatic heterocycles. The molecule has 0 radical (unpaired) electrons. The molecule has 1 unspecified atom stereocenters. The summed E-state index contributed by atoms with van der Waals surface area (Å²) in [5, 5.41) is 14.3. The molecule has 1 aromatic carbocycles. The zero-order chi connectivity index (χ0) is 19.2. The number of carbonyl (C=O) groups is 1. The second kappa shape index (κ2) is 6.21. The number of hydrogen-bond acceptors (Lipinski definition) is 4. The maximum Gasteiger partial charge on any atom is 0.416 e. The van der Waals surface area contributed by atoms with Crippen molar-refractivity contribution in [3.05, 3.63) is 58.1 Å². The van der Waals surface area contributed by atoms with E-state index in [4.69, 9.17) is 0 Å². The number of nitrogens with zero attached hydrogens (tertiary/aromatic N) is 2. The SMILES string of the molecule is CCC1(c2cccc(C(F)(F)F)c2)C2=C(N=NC2)NC2=C1C(=O)NCCC2. The zero-order valence-corrected chi connectivity index (χ0v) is 14.8. The number of amides is 1. The Morgan fingerprint density at radius 2 is 2.11 bits per heavy atom. The maximum absolute atomic E-state index is 13.4. The summed E-state index contributed by atoms with van der Waals surface area (Å²) in [4.78, 5) is 13.0. The van der Waals surface area contributed by atoms with Gasteiger partial charge < -0.3 is 10.6 Å². The summed E-state index contributed by atoms with van der Waals surface area (Å²) >= 11 is 0. The number of rotatable bonds is 2. The van der Waals surface area contributed by atoms with Crippen molar-refractivity contribution in [3.8, 4) is 0 Å². The van der Waals surface area contributed by atoms with Crippen molar-refractivity contribution >= 4 is 5.91 Å². The Morgan fingerprint density at radius 3 is 2.85 bits per heavy atom. The van der Waals surface area contributed by atoms with E-state index in [9.17, 15) is 18.0 Å². The van der Waals surface area contributed by atoms with Crippen molar-refractivity contribution in [2.24, 2.45) is 10.2 Å². The molecule has 0 spiro atoms. The summed E-state index contributed by atoms with van der Waals surface area (Å²) in [6.45, 7) is 2.68. The van der Waals surface area contributed by atoms with Crippen LogP contribution in [0.4, 0.5) is 13.2 Å². The van der Waals surface area contributed by atoms with Crippen LogP contribution < -0.4 is 10.6 Å². The van der Waals surface area contributed by atoms with Crippen LogP contribution in [0.25, 0.3) is 0 Å². The molecule has 1 amide bonds. The Labute approximate surface area is 154 Å². The fourth-order valence-corrected chi connectivity index (χ4v) is 4.31. The van der Waals surface area contributed by atoms with Crippen LogP contribution >= 0.6 is 0 Å². The molecule has 2 N–H and O–H groups in total. The molecular weight excluding hydrogens is 357 g/mol. The van der Waals surface area contributed by atoms with Crippen LogP contribution in [0.2, 0.25) is 0 Å². The second-order valence-electron chi connectivity index (χ2n) is 6.90. The number of azo groups is 1. The lowest BCUT2D eigenvalue weighted by atomic mass is 9.64. The first kappa shape index (κ1) is 17.8. The molecule has 0 aromatic heterocycles. The molecule has 0 saturated heterocycles. The molecule has 3 heterocycles. The monoisotopic (exact) mass is 376 g/mol. The summed E-state index contributed by atoms with van der Waals surface area (Å²) in [6.07, 6.45) is -2.64. The summed E-state index contributed by atoms with van der Waals surface area (Å²) in [7, 11) is 0. The predicted octanol–water partition coefficient (Wildman–Crippen LogP) is 3.80. The van der Waals surface area contributed by atoms with Gasteiger partial charge >= 0.3 is 6.18 Å². The minimum Gasteiger partial charge on any atom is -0.352 e. The molecule has 0 bridgehead atoms. The lowest BCUT2D eigenvalue weighted by Gasteiger charge is -2.40. The minimum atomic E-state index is -4.46. The standard InChI is InChI=1S/C19H19F3N4O/c1-2-18(11-5-3-6-12(9-11)19(20,21)22)13-10-24-26-16(13)25-14-7-4-8-23-17(27)15(14)18/h3,5-6,9,25H,2,4,7-8,10H2,1H3,(H,23,27). The largest absolute Gasteiger partial charge is 0.416 e. The Hall–Kier alpha value is -2.64. The molecule has 142 valence electrons. The maximum atomic E-state index is 13.4. The van der Waals surface area contributed by atoms with E-state index in [1.165, 1.54) is 6.07 Å². The highest BCUT2D eigenvalue weighted by Crippen LogP contribution is 2.50. The van der Waals surface area contributed by atoms with Crippen molar-refractivity contribution < 1.29 is 18.0 Å². The molecule has 27 heavy (non-hydrogen) atoms. The molecule has 8 heteroatoms. The molecule has 4 rings (SSSR count). The van der Waals surface area contributed by atoms with E-state index in [2.05, 4.69) is 20.9 Å². The topological polar surface area (TPSA) is 65.8 Å². The highest BCUT2D eigenvalue weighted by molar-refractivity contribution is 5.98. The number of carbonyl (C=O) groups excluding carboxylic acids is 1. The average Bonchev–Trinajstić information content (AvgIpc) is 3.04. The first-order valence-corrected chi connectivity index (χ1v) is 8.95. The van der Waals surface area contributed by atoms with Gasteiger partial charge in [0, 0.05) is 17.8 Å². The molecular formula is C19H19F3N4O. The fourth-order valence-electron chi connectivity index (χ4n) is 4.31. The number of halogens is 3. The van der Waals surface area contributed by atoms with Gasteiger partial charge in [-0.05, 0) is 30.9 Å².